The van der Waals surface area contributed by atoms with Gasteiger partial charge in [-0.25, -0.2) is 4.98 Å². The van der Waals surface area contributed by atoms with Crippen molar-refractivity contribution in [1.29, 1.82) is 0 Å². The first-order valence-electron chi connectivity index (χ1n) is 10.6. The van der Waals surface area contributed by atoms with Crippen LogP contribution in [0.1, 0.15) is 48.0 Å². The fourth-order valence-corrected chi connectivity index (χ4v) is 4.62. The minimum atomic E-state index is -0.139. The van der Waals surface area contributed by atoms with Crippen molar-refractivity contribution in [3.8, 4) is 0 Å². The van der Waals surface area contributed by atoms with Crippen molar-refractivity contribution in [1.82, 2.24) is 14.9 Å². The molecule has 1 unspecified atom stereocenters. The van der Waals surface area contributed by atoms with Crippen LogP contribution in [0, 0.1) is 0 Å². The number of fused-ring (bicyclic) bond motifs is 2. The van der Waals surface area contributed by atoms with E-state index in [4.69, 9.17) is 4.98 Å². The van der Waals surface area contributed by atoms with Crippen molar-refractivity contribution in [2.75, 3.05) is 18.4 Å². The normalized spacial score (nSPS) is 20.0. The standard InChI is InChI=1S/C24H26N4O/c29-24(18-6-2-1-3-7-18)27-22-12-11-21-23(26-22)20(16-25-21)17-9-10-19-8-4-5-14-28(19)15-13-17/h1-3,6-7,11-13,16,19,25H,4-5,8-10,14-15H2,(H,26,27,29). The molecule has 1 amide bonds. The van der Waals surface area contributed by atoms with Gasteiger partial charge >= 0.3 is 0 Å². The predicted molar refractivity (Wildman–Crippen MR) is 117 cm³/mol. The van der Waals surface area contributed by atoms with Gasteiger partial charge in [0.25, 0.3) is 5.91 Å². The summed E-state index contributed by atoms with van der Waals surface area (Å²) in [5, 5.41) is 2.93. The fourth-order valence-electron chi connectivity index (χ4n) is 4.62. The number of aromatic nitrogens is 2. The lowest BCUT2D eigenvalue weighted by Gasteiger charge is -2.33. The van der Waals surface area contributed by atoms with Crippen molar-refractivity contribution >= 4 is 28.3 Å². The minimum Gasteiger partial charge on any atom is -0.359 e. The number of nitrogens with zero attached hydrogens (tertiary/aromatic N) is 2. The van der Waals surface area contributed by atoms with Gasteiger partial charge in [0.05, 0.1) is 11.0 Å². The lowest BCUT2D eigenvalue weighted by molar-refractivity contribution is 0.102. The molecular formula is C24H26N4O. The molecule has 148 valence electrons. The Balaban J connectivity index is 1.41. The Bertz CT molecular complexity index is 1050. The average molecular weight is 386 g/mol. The molecule has 3 aromatic rings. The number of amides is 1. The molecule has 5 heteroatoms. The van der Waals surface area contributed by atoms with Gasteiger partial charge in [0.2, 0.25) is 0 Å². The summed E-state index contributed by atoms with van der Waals surface area (Å²) >= 11 is 0. The number of benzene rings is 1. The molecule has 2 aliphatic rings. The topological polar surface area (TPSA) is 61.0 Å². The summed E-state index contributed by atoms with van der Waals surface area (Å²) in [5.74, 6) is 0.443. The highest BCUT2D eigenvalue weighted by molar-refractivity contribution is 6.04. The zero-order valence-electron chi connectivity index (χ0n) is 16.5. The Labute approximate surface area is 170 Å². The first kappa shape index (κ1) is 18.1. The van der Waals surface area contributed by atoms with Crippen molar-refractivity contribution in [3.05, 3.63) is 65.9 Å². The number of hydrogen-bond acceptors (Lipinski definition) is 3. The summed E-state index contributed by atoms with van der Waals surface area (Å²) in [6.45, 7) is 2.24. The van der Waals surface area contributed by atoms with Crippen LogP contribution in [0.3, 0.4) is 0 Å². The Morgan fingerprint density at radius 1 is 1.10 bits per heavy atom. The van der Waals surface area contributed by atoms with E-state index in [0.29, 0.717) is 11.4 Å². The highest BCUT2D eigenvalue weighted by Gasteiger charge is 2.25. The first-order valence-corrected chi connectivity index (χ1v) is 10.6. The number of piperidine rings is 1. The molecule has 5 rings (SSSR count). The van der Waals surface area contributed by atoms with Crippen LogP contribution in [0.25, 0.3) is 16.6 Å². The van der Waals surface area contributed by atoms with Crippen molar-refractivity contribution in [2.45, 2.75) is 38.1 Å². The Kier molecular flexibility index (Phi) is 4.90. The lowest BCUT2D eigenvalue weighted by Crippen LogP contribution is -2.38. The van der Waals surface area contributed by atoms with E-state index < -0.39 is 0 Å². The van der Waals surface area contributed by atoms with Crippen LogP contribution < -0.4 is 5.32 Å². The molecule has 0 aliphatic carbocycles. The number of anilines is 1. The Morgan fingerprint density at radius 3 is 2.90 bits per heavy atom. The number of carbonyl (C=O) groups excluding carboxylic acids is 1. The molecule has 2 aliphatic heterocycles. The average Bonchev–Trinajstić information content (AvgIpc) is 3.06. The van der Waals surface area contributed by atoms with Crippen LogP contribution in [-0.2, 0) is 0 Å². The Hall–Kier alpha value is -2.92. The van der Waals surface area contributed by atoms with Crippen molar-refractivity contribution < 1.29 is 4.79 Å². The van der Waals surface area contributed by atoms with Gasteiger partial charge in [-0.1, -0.05) is 30.7 Å². The number of H-pyrrole nitrogens is 1. The highest BCUT2D eigenvalue weighted by atomic mass is 16.1. The zero-order valence-corrected chi connectivity index (χ0v) is 16.5. The molecule has 1 saturated heterocycles. The third-order valence-electron chi connectivity index (χ3n) is 6.21. The van der Waals surface area contributed by atoms with Crippen LogP contribution >= 0.6 is 0 Å². The number of rotatable bonds is 3. The minimum absolute atomic E-state index is 0.139. The molecule has 29 heavy (non-hydrogen) atoms. The van der Waals surface area contributed by atoms with E-state index in [9.17, 15) is 4.79 Å². The molecule has 0 saturated carbocycles. The number of carbonyl (C=O) groups is 1. The van der Waals surface area contributed by atoms with Crippen molar-refractivity contribution in [3.63, 3.8) is 0 Å². The third kappa shape index (κ3) is 3.70. The SMILES string of the molecule is O=C(Nc1ccc2[nH]cc(C3=CCN4CCCCC4CC3)c2n1)c1ccccc1. The molecule has 1 fully saturated rings. The van der Waals surface area contributed by atoms with Crippen LogP contribution in [0.5, 0.6) is 0 Å². The number of hydrogen-bond donors (Lipinski definition) is 2. The summed E-state index contributed by atoms with van der Waals surface area (Å²) in [6, 6.07) is 13.8. The predicted octanol–water partition coefficient (Wildman–Crippen LogP) is 4.85. The monoisotopic (exact) mass is 386 g/mol. The largest absolute Gasteiger partial charge is 0.359 e. The Morgan fingerprint density at radius 2 is 2.00 bits per heavy atom. The molecule has 2 aromatic heterocycles. The number of aromatic amines is 1. The van der Waals surface area contributed by atoms with Gasteiger partial charge in [0.1, 0.15) is 5.82 Å². The van der Waals surface area contributed by atoms with E-state index in [1.807, 2.05) is 30.3 Å². The van der Waals surface area contributed by atoms with Gasteiger partial charge < -0.3 is 10.3 Å². The fraction of sp³-hybridized carbons (Fsp3) is 0.333. The quantitative estimate of drug-likeness (QED) is 0.677. The van der Waals surface area contributed by atoms with E-state index in [0.717, 1.165) is 35.6 Å². The molecule has 2 N–H and O–H groups in total. The van der Waals surface area contributed by atoms with Gasteiger partial charge in [0, 0.05) is 29.9 Å². The van der Waals surface area contributed by atoms with Crippen LogP contribution in [0.15, 0.2) is 54.7 Å². The maximum atomic E-state index is 12.5. The lowest BCUT2D eigenvalue weighted by atomic mass is 9.96. The zero-order chi connectivity index (χ0) is 19.6. The van der Waals surface area contributed by atoms with Crippen molar-refractivity contribution in [2.24, 2.45) is 0 Å². The maximum Gasteiger partial charge on any atom is 0.256 e. The van der Waals surface area contributed by atoms with E-state index in [1.54, 1.807) is 12.1 Å². The van der Waals surface area contributed by atoms with Gasteiger partial charge in [-0.3, -0.25) is 9.69 Å². The van der Waals surface area contributed by atoms with E-state index >= 15 is 0 Å². The molecule has 0 radical (unpaired) electrons. The first-order chi connectivity index (χ1) is 14.3. The smallest absolute Gasteiger partial charge is 0.256 e. The second-order valence-corrected chi connectivity index (χ2v) is 8.03. The van der Waals surface area contributed by atoms with Crippen LogP contribution in [0.4, 0.5) is 5.82 Å². The number of pyridine rings is 1. The van der Waals surface area contributed by atoms with Gasteiger partial charge in [0.15, 0.2) is 0 Å². The maximum absolute atomic E-state index is 12.5. The summed E-state index contributed by atoms with van der Waals surface area (Å²) in [7, 11) is 0. The second kappa shape index (κ2) is 7.84. The van der Waals surface area contributed by atoms with Crippen LogP contribution in [0.2, 0.25) is 0 Å². The summed E-state index contributed by atoms with van der Waals surface area (Å²) in [6.07, 6.45) is 10.7. The second-order valence-electron chi connectivity index (χ2n) is 8.03. The third-order valence-corrected chi connectivity index (χ3v) is 6.21. The van der Waals surface area contributed by atoms with Gasteiger partial charge in [-0.05, 0) is 62.1 Å². The number of allylic oxidation sites excluding steroid dienone is 1. The van der Waals surface area contributed by atoms with Gasteiger partial charge in [-0.2, -0.15) is 0 Å². The molecule has 0 spiro atoms. The molecule has 1 aromatic carbocycles. The number of nitrogens with one attached hydrogen (secondary N) is 2. The van der Waals surface area contributed by atoms with E-state index in [1.165, 1.54) is 37.8 Å². The molecule has 1 atom stereocenters. The van der Waals surface area contributed by atoms with E-state index in [2.05, 4.69) is 27.5 Å². The molecule has 5 nitrogen and oxygen atoms in total. The highest BCUT2D eigenvalue weighted by Crippen LogP contribution is 2.33. The molecule has 0 bridgehead atoms. The van der Waals surface area contributed by atoms with Crippen LogP contribution in [-0.4, -0.2) is 39.9 Å². The summed E-state index contributed by atoms with van der Waals surface area (Å²) < 4.78 is 0. The molecular weight excluding hydrogens is 360 g/mol. The summed E-state index contributed by atoms with van der Waals surface area (Å²) in [4.78, 5) is 23.2. The van der Waals surface area contributed by atoms with Gasteiger partial charge in [-0.15, -0.1) is 0 Å². The van der Waals surface area contributed by atoms with E-state index in [-0.39, 0.29) is 5.91 Å². The molecule has 4 heterocycles. The summed E-state index contributed by atoms with van der Waals surface area (Å²) in [5.41, 5.74) is 5.09.